The Bertz CT molecular complexity index is 1540. The van der Waals surface area contributed by atoms with Gasteiger partial charge in [-0.1, -0.05) is 26.7 Å². The summed E-state index contributed by atoms with van der Waals surface area (Å²) in [5.74, 6) is -2.73. The average Bonchev–Trinajstić information content (AvgIpc) is 3.64. The molecule has 14 unspecified atom stereocenters. The highest BCUT2D eigenvalue weighted by atomic mass is 16.7. The molecule has 8 rings (SSSR count). The van der Waals surface area contributed by atoms with E-state index in [0.717, 1.165) is 12.8 Å². The van der Waals surface area contributed by atoms with Crippen LogP contribution in [0.2, 0.25) is 0 Å². The zero-order valence-corrected chi connectivity index (χ0v) is 28.8. The number of Topliss-reactive ketones (excluding diaryl/α,β-unsaturated/α-hetero) is 1. The second-order valence-electron chi connectivity index (χ2n) is 17.1. The van der Waals surface area contributed by atoms with Crippen molar-refractivity contribution in [3.05, 3.63) is 23.7 Å². The van der Waals surface area contributed by atoms with E-state index in [-0.39, 0.29) is 49.1 Å². The van der Waals surface area contributed by atoms with Crippen LogP contribution < -0.4 is 0 Å². The number of rotatable bonds is 10. The van der Waals surface area contributed by atoms with Gasteiger partial charge in [0.15, 0.2) is 11.9 Å². The van der Waals surface area contributed by atoms with Gasteiger partial charge in [-0.25, -0.2) is 4.79 Å². The first-order valence-corrected chi connectivity index (χ1v) is 18.1. The smallest absolute Gasteiger partial charge is 0.339 e. The lowest BCUT2D eigenvalue weighted by Crippen LogP contribution is -2.77. The third kappa shape index (κ3) is 4.10. The summed E-state index contributed by atoms with van der Waals surface area (Å²) >= 11 is 0. The van der Waals surface area contributed by atoms with E-state index in [4.69, 9.17) is 23.4 Å². The topological polar surface area (TPSA) is 185 Å². The fourth-order valence-electron chi connectivity index (χ4n) is 12.8. The molecule has 7 fully saturated rings. The molecule has 12 nitrogen and oxygen atoms in total. The van der Waals surface area contributed by atoms with Crippen LogP contribution in [0.3, 0.4) is 0 Å². The third-order valence-corrected chi connectivity index (χ3v) is 14.4. The average molecular weight is 687 g/mol. The number of carbonyl (C=O) groups excluding carboxylic acids is 3. The van der Waals surface area contributed by atoms with Crippen molar-refractivity contribution in [2.24, 2.45) is 45.8 Å². The van der Waals surface area contributed by atoms with Gasteiger partial charge in [0, 0.05) is 34.8 Å². The van der Waals surface area contributed by atoms with Crippen molar-refractivity contribution in [3.63, 3.8) is 0 Å². The molecule has 270 valence electrons. The van der Waals surface area contributed by atoms with Crippen LogP contribution in [0, 0.1) is 45.8 Å². The van der Waals surface area contributed by atoms with Crippen molar-refractivity contribution in [1.82, 2.24) is 0 Å². The third-order valence-electron chi connectivity index (χ3n) is 14.4. The quantitative estimate of drug-likeness (QED) is 0.160. The van der Waals surface area contributed by atoms with Crippen molar-refractivity contribution in [1.29, 1.82) is 0 Å². The van der Waals surface area contributed by atoms with Crippen LogP contribution in [0.4, 0.5) is 0 Å². The number of unbranched alkanes of at least 4 members (excludes halogenated alkanes) is 2. The Balaban J connectivity index is 1.23. The van der Waals surface area contributed by atoms with Gasteiger partial charge in [-0.05, 0) is 69.8 Å². The van der Waals surface area contributed by atoms with Crippen molar-refractivity contribution in [2.75, 3.05) is 19.8 Å². The molecule has 2 bridgehead atoms. The second kappa shape index (κ2) is 11.1. The van der Waals surface area contributed by atoms with Gasteiger partial charge in [0.05, 0.1) is 42.5 Å². The number of aliphatic hydroxyl groups is 4. The second-order valence-corrected chi connectivity index (χ2v) is 17.1. The largest absolute Gasteiger partial charge is 0.469 e. The molecule has 4 aliphatic heterocycles. The molecule has 49 heavy (non-hydrogen) atoms. The summed E-state index contributed by atoms with van der Waals surface area (Å²) in [7, 11) is 0. The number of ketones is 1. The molecule has 4 N–H and O–H groups in total. The minimum atomic E-state index is -1.46. The summed E-state index contributed by atoms with van der Waals surface area (Å²) < 4.78 is 31.6. The van der Waals surface area contributed by atoms with E-state index < -0.39 is 82.4 Å². The van der Waals surface area contributed by atoms with Crippen LogP contribution in [-0.4, -0.2) is 93.6 Å². The lowest BCUT2D eigenvalue weighted by Gasteiger charge is -2.68. The standard InChI is InChI=1S/C37H50O12/c1-33(2)26-24(41)27(42)35(4)25-19(9-10-21-29(48-33)36(25,26)17-46-31(21)43)15-34(3)28(47-32(44)30-37(34,35)49-30)20-11-13-45-23(20)14-18(22(40)16-39)8-6-5-7-12-38/h11,13,18-19,21-22,25-30,38-40,42H,5-10,12,14-17H2,1-4H3. The van der Waals surface area contributed by atoms with Crippen LogP contribution in [0.25, 0.3) is 0 Å². The molecule has 0 aromatic carbocycles. The SMILES string of the molecule is CC1(C)OC2C3CCC4CC5(C)C(c6ccoc6CC(CCCCCO)C(O)CO)OC(=O)C6OC65C5(C)C(O)C(=O)C1C2(COC3=O)C45. The molecule has 1 aromatic rings. The van der Waals surface area contributed by atoms with Crippen molar-refractivity contribution in [3.8, 4) is 0 Å². The number of carbonyl (C=O) groups is 3. The predicted octanol–water partition coefficient (Wildman–Crippen LogP) is 2.42. The van der Waals surface area contributed by atoms with Crippen LogP contribution in [0.1, 0.15) is 90.1 Å². The van der Waals surface area contributed by atoms with E-state index >= 15 is 0 Å². The molecule has 0 radical (unpaired) electrons. The Morgan fingerprint density at radius 1 is 0.980 bits per heavy atom. The zero-order valence-electron chi connectivity index (χ0n) is 28.8. The molecule has 7 aliphatic rings. The van der Waals surface area contributed by atoms with Gasteiger partial charge in [-0.15, -0.1) is 0 Å². The molecular formula is C37H50O12. The van der Waals surface area contributed by atoms with Crippen molar-refractivity contribution < 1.29 is 58.2 Å². The normalized spacial score (nSPS) is 46.8. The Kier molecular flexibility index (Phi) is 7.63. The molecule has 3 saturated carbocycles. The summed E-state index contributed by atoms with van der Waals surface area (Å²) in [5, 5.41) is 42.2. The first-order chi connectivity index (χ1) is 23.2. The Morgan fingerprint density at radius 2 is 1.76 bits per heavy atom. The van der Waals surface area contributed by atoms with Crippen LogP contribution in [0.5, 0.6) is 0 Å². The molecule has 5 heterocycles. The first-order valence-electron chi connectivity index (χ1n) is 18.1. The van der Waals surface area contributed by atoms with E-state index in [2.05, 4.69) is 0 Å². The van der Waals surface area contributed by atoms with Gasteiger partial charge in [-0.2, -0.15) is 0 Å². The molecule has 2 spiro atoms. The molecular weight excluding hydrogens is 636 g/mol. The number of epoxide rings is 1. The van der Waals surface area contributed by atoms with Gasteiger partial charge in [0.2, 0.25) is 0 Å². The fraction of sp³-hybridized carbons (Fsp3) is 0.811. The molecule has 12 heteroatoms. The monoisotopic (exact) mass is 686 g/mol. The number of hydrogen-bond acceptors (Lipinski definition) is 12. The summed E-state index contributed by atoms with van der Waals surface area (Å²) in [4.78, 5) is 41.9. The highest BCUT2D eigenvalue weighted by Crippen LogP contribution is 2.82. The number of furan rings is 1. The summed E-state index contributed by atoms with van der Waals surface area (Å²) in [6.45, 7) is 7.36. The molecule has 0 amide bonds. The number of esters is 2. The summed E-state index contributed by atoms with van der Waals surface area (Å²) in [6, 6.07) is 1.78. The van der Waals surface area contributed by atoms with E-state index in [1.54, 1.807) is 12.3 Å². The minimum Gasteiger partial charge on any atom is -0.469 e. The maximum atomic E-state index is 14.7. The first kappa shape index (κ1) is 33.8. The van der Waals surface area contributed by atoms with Crippen LogP contribution >= 0.6 is 0 Å². The summed E-state index contributed by atoms with van der Waals surface area (Å²) in [5.41, 5.74) is -4.61. The van der Waals surface area contributed by atoms with E-state index in [9.17, 15) is 34.8 Å². The van der Waals surface area contributed by atoms with Crippen molar-refractivity contribution in [2.45, 2.75) is 121 Å². The van der Waals surface area contributed by atoms with Gasteiger partial charge in [-0.3, -0.25) is 9.59 Å². The van der Waals surface area contributed by atoms with Gasteiger partial charge in [0.25, 0.3) is 0 Å². The fourth-order valence-corrected chi connectivity index (χ4v) is 12.8. The van der Waals surface area contributed by atoms with Crippen molar-refractivity contribution >= 4 is 17.7 Å². The van der Waals surface area contributed by atoms with E-state index in [1.165, 1.54) is 0 Å². The molecule has 4 saturated heterocycles. The number of aliphatic hydroxyl groups excluding tert-OH is 4. The zero-order chi connectivity index (χ0) is 34.9. The lowest BCUT2D eigenvalue weighted by atomic mass is 9.34. The lowest BCUT2D eigenvalue weighted by molar-refractivity contribution is -0.266. The van der Waals surface area contributed by atoms with E-state index in [1.807, 2.05) is 27.7 Å². The molecule has 14 atom stereocenters. The van der Waals surface area contributed by atoms with Crippen LogP contribution in [-0.2, 0) is 39.8 Å². The Labute approximate surface area is 285 Å². The number of ether oxygens (including phenoxy) is 4. The maximum Gasteiger partial charge on any atom is 0.339 e. The highest BCUT2D eigenvalue weighted by molar-refractivity contribution is 5.92. The van der Waals surface area contributed by atoms with Gasteiger partial charge >= 0.3 is 11.9 Å². The number of hydrogen-bond donors (Lipinski definition) is 4. The molecule has 1 aromatic heterocycles. The van der Waals surface area contributed by atoms with Gasteiger partial charge < -0.3 is 43.8 Å². The van der Waals surface area contributed by atoms with Crippen LogP contribution in [0.15, 0.2) is 16.7 Å². The maximum absolute atomic E-state index is 14.7. The minimum absolute atomic E-state index is 0.0143. The Hall–Kier alpha value is -2.35. The van der Waals surface area contributed by atoms with Gasteiger partial charge in [0.1, 0.15) is 30.2 Å². The predicted molar refractivity (Wildman–Crippen MR) is 168 cm³/mol. The van der Waals surface area contributed by atoms with E-state index in [0.29, 0.717) is 43.4 Å². The highest BCUT2D eigenvalue weighted by Gasteiger charge is 2.92. The Morgan fingerprint density at radius 3 is 2.49 bits per heavy atom. The molecule has 3 aliphatic carbocycles. The summed E-state index contributed by atoms with van der Waals surface area (Å²) in [6.07, 6.45) is 1.44. The number of cyclic esters (lactones) is 2.